The number of rotatable bonds is 9. The van der Waals surface area contributed by atoms with E-state index in [2.05, 4.69) is 5.32 Å². The summed E-state index contributed by atoms with van der Waals surface area (Å²) >= 11 is 0. The molecular weight excluding hydrogens is 206 g/mol. The van der Waals surface area contributed by atoms with Gasteiger partial charge in [-0.15, -0.1) is 0 Å². The van der Waals surface area contributed by atoms with E-state index in [1.54, 1.807) is 0 Å². The Morgan fingerprint density at radius 3 is 2.81 bits per heavy atom. The molecule has 4 heteroatoms. The molecule has 0 saturated heterocycles. The molecule has 0 aromatic carbocycles. The summed E-state index contributed by atoms with van der Waals surface area (Å²) in [6.45, 7) is 5.24. The first-order valence-corrected chi connectivity index (χ1v) is 6.41. The highest BCUT2D eigenvalue weighted by atomic mass is 16.5. The average molecular weight is 231 g/mol. The highest BCUT2D eigenvalue weighted by molar-refractivity contribution is 4.68. The minimum absolute atomic E-state index is 0.387. The maximum Gasteiger partial charge on any atom is 0.0897 e. The Kier molecular flexibility index (Phi) is 7.76. The number of hydrogen-bond acceptors (Lipinski definition) is 4. The Labute approximate surface area is 98.3 Å². The number of hydrogen-bond donors (Lipinski definition) is 2. The van der Waals surface area contributed by atoms with Gasteiger partial charge in [-0.05, 0) is 19.8 Å². The standard InChI is InChI=1S/C12H25NO3/c1-2-15-8-7-13-9-11(14)10-16-12-5-3-4-6-12/h11-14H,2-10H2,1H3. The van der Waals surface area contributed by atoms with E-state index in [0.717, 1.165) is 26.0 Å². The molecule has 1 saturated carbocycles. The molecule has 0 bridgehead atoms. The fraction of sp³-hybridized carbons (Fsp3) is 1.00. The molecule has 0 aromatic heterocycles. The molecule has 0 heterocycles. The fourth-order valence-electron chi connectivity index (χ4n) is 1.92. The van der Waals surface area contributed by atoms with E-state index in [1.807, 2.05) is 6.92 Å². The van der Waals surface area contributed by atoms with Gasteiger partial charge in [-0.1, -0.05) is 12.8 Å². The van der Waals surface area contributed by atoms with E-state index < -0.39 is 6.10 Å². The van der Waals surface area contributed by atoms with Crippen molar-refractivity contribution in [1.82, 2.24) is 5.32 Å². The van der Waals surface area contributed by atoms with Crippen molar-refractivity contribution >= 4 is 0 Å². The number of nitrogens with one attached hydrogen (secondary N) is 1. The third-order valence-corrected chi connectivity index (χ3v) is 2.83. The molecule has 0 radical (unpaired) electrons. The minimum Gasteiger partial charge on any atom is -0.389 e. The maximum atomic E-state index is 9.64. The Bertz CT molecular complexity index is 160. The Balaban J connectivity index is 1.87. The second-order valence-electron chi connectivity index (χ2n) is 4.29. The third kappa shape index (κ3) is 6.43. The zero-order chi connectivity index (χ0) is 11.6. The van der Waals surface area contributed by atoms with E-state index in [0.29, 0.717) is 25.9 Å². The molecule has 0 amide bonds. The van der Waals surface area contributed by atoms with Crippen molar-refractivity contribution in [1.29, 1.82) is 0 Å². The Morgan fingerprint density at radius 1 is 1.38 bits per heavy atom. The van der Waals surface area contributed by atoms with Gasteiger partial charge in [0.15, 0.2) is 0 Å². The molecule has 1 atom stereocenters. The van der Waals surface area contributed by atoms with Crippen molar-refractivity contribution in [2.45, 2.75) is 44.8 Å². The monoisotopic (exact) mass is 231 g/mol. The van der Waals surface area contributed by atoms with Crippen LogP contribution in [0, 0.1) is 0 Å². The predicted molar refractivity (Wildman–Crippen MR) is 63.6 cm³/mol. The van der Waals surface area contributed by atoms with Crippen LogP contribution in [0.5, 0.6) is 0 Å². The molecule has 0 aliphatic heterocycles. The van der Waals surface area contributed by atoms with E-state index in [4.69, 9.17) is 9.47 Å². The van der Waals surface area contributed by atoms with Gasteiger partial charge in [-0.3, -0.25) is 0 Å². The fourth-order valence-corrected chi connectivity index (χ4v) is 1.92. The van der Waals surface area contributed by atoms with Gasteiger partial charge in [0.05, 0.1) is 25.4 Å². The molecule has 4 nitrogen and oxygen atoms in total. The molecule has 1 unspecified atom stereocenters. The van der Waals surface area contributed by atoms with Gasteiger partial charge in [-0.2, -0.15) is 0 Å². The number of aliphatic hydroxyl groups excluding tert-OH is 1. The molecule has 0 aromatic rings. The normalized spacial score (nSPS) is 19.1. The second-order valence-corrected chi connectivity index (χ2v) is 4.29. The molecule has 1 rings (SSSR count). The summed E-state index contributed by atoms with van der Waals surface area (Å²) in [5.41, 5.74) is 0. The molecule has 1 fully saturated rings. The van der Waals surface area contributed by atoms with Crippen molar-refractivity contribution < 1.29 is 14.6 Å². The zero-order valence-electron chi connectivity index (χ0n) is 10.3. The van der Waals surface area contributed by atoms with E-state index in [-0.39, 0.29) is 0 Å². The van der Waals surface area contributed by atoms with Crippen LogP contribution >= 0.6 is 0 Å². The molecular formula is C12H25NO3. The summed E-state index contributed by atoms with van der Waals surface area (Å²) in [4.78, 5) is 0. The largest absolute Gasteiger partial charge is 0.389 e. The lowest BCUT2D eigenvalue weighted by Crippen LogP contribution is -2.33. The van der Waals surface area contributed by atoms with Crippen LogP contribution < -0.4 is 5.32 Å². The first kappa shape index (κ1) is 13.9. The van der Waals surface area contributed by atoms with Crippen molar-refractivity contribution in [2.75, 3.05) is 32.9 Å². The smallest absolute Gasteiger partial charge is 0.0897 e. The van der Waals surface area contributed by atoms with Crippen molar-refractivity contribution in [3.05, 3.63) is 0 Å². The van der Waals surface area contributed by atoms with Crippen LogP contribution in [-0.2, 0) is 9.47 Å². The summed E-state index contributed by atoms with van der Waals surface area (Å²) in [5.74, 6) is 0. The van der Waals surface area contributed by atoms with Gasteiger partial charge < -0.3 is 19.9 Å². The van der Waals surface area contributed by atoms with E-state index in [9.17, 15) is 5.11 Å². The first-order chi connectivity index (χ1) is 7.83. The van der Waals surface area contributed by atoms with Crippen LogP contribution in [0.25, 0.3) is 0 Å². The highest BCUT2D eigenvalue weighted by Crippen LogP contribution is 2.20. The van der Waals surface area contributed by atoms with Gasteiger partial charge in [0, 0.05) is 19.7 Å². The predicted octanol–water partition coefficient (Wildman–Crippen LogP) is 0.933. The van der Waals surface area contributed by atoms with Gasteiger partial charge in [0.2, 0.25) is 0 Å². The summed E-state index contributed by atoms with van der Waals surface area (Å²) in [6.07, 6.45) is 4.84. The number of aliphatic hydroxyl groups is 1. The minimum atomic E-state index is -0.401. The highest BCUT2D eigenvalue weighted by Gasteiger charge is 2.16. The molecule has 1 aliphatic carbocycles. The van der Waals surface area contributed by atoms with E-state index in [1.165, 1.54) is 12.8 Å². The first-order valence-electron chi connectivity index (χ1n) is 6.41. The van der Waals surface area contributed by atoms with Crippen LogP contribution in [0.2, 0.25) is 0 Å². The average Bonchev–Trinajstić information content (AvgIpc) is 2.79. The van der Waals surface area contributed by atoms with Crippen LogP contribution in [0.4, 0.5) is 0 Å². The van der Waals surface area contributed by atoms with Gasteiger partial charge in [-0.25, -0.2) is 0 Å². The Morgan fingerprint density at radius 2 is 2.12 bits per heavy atom. The molecule has 1 aliphatic rings. The maximum absolute atomic E-state index is 9.64. The number of ether oxygens (including phenoxy) is 2. The summed E-state index contributed by atoms with van der Waals surface area (Å²) in [5, 5.41) is 12.8. The summed E-state index contributed by atoms with van der Waals surface area (Å²) < 4.78 is 10.8. The van der Waals surface area contributed by atoms with Crippen molar-refractivity contribution in [2.24, 2.45) is 0 Å². The Hall–Kier alpha value is -0.160. The molecule has 16 heavy (non-hydrogen) atoms. The molecule has 0 spiro atoms. The lowest BCUT2D eigenvalue weighted by molar-refractivity contribution is -0.00587. The van der Waals surface area contributed by atoms with Gasteiger partial charge >= 0.3 is 0 Å². The van der Waals surface area contributed by atoms with Crippen LogP contribution in [0.3, 0.4) is 0 Å². The van der Waals surface area contributed by atoms with E-state index >= 15 is 0 Å². The lowest BCUT2D eigenvalue weighted by Gasteiger charge is -2.15. The van der Waals surface area contributed by atoms with Crippen LogP contribution in [0.1, 0.15) is 32.6 Å². The lowest BCUT2D eigenvalue weighted by atomic mass is 10.3. The third-order valence-electron chi connectivity index (χ3n) is 2.83. The zero-order valence-corrected chi connectivity index (χ0v) is 10.3. The summed E-state index contributed by atoms with van der Waals surface area (Å²) in [6, 6.07) is 0. The second kappa shape index (κ2) is 8.93. The molecule has 2 N–H and O–H groups in total. The summed E-state index contributed by atoms with van der Waals surface area (Å²) in [7, 11) is 0. The van der Waals surface area contributed by atoms with Crippen LogP contribution in [-0.4, -0.2) is 50.2 Å². The topological polar surface area (TPSA) is 50.7 Å². The van der Waals surface area contributed by atoms with Crippen molar-refractivity contribution in [3.8, 4) is 0 Å². The SMILES string of the molecule is CCOCCNCC(O)COC1CCCC1. The van der Waals surface area contributed by atoms with Gasteiger partial charge in [0.1, 0.15) is 0 Å². The quantitative estimate of drug-likeness (QED) is 0.580. The van der Waals surface area contributed by atoms with Gasteiger partial charge in [0.25, 0.3) is 0 Å². The molecule has 96 valence electrons. The van der Waals surface area contributed by atoms with Crippen LogP contribution in [0.15, 0.2) is 0 Å². The van der Waals surface area contributed by atoms with Crippen molar-refractivity contribution in [3.63, 3.8) is 0 Å².